The molecule has 2 fully saturated rings. The molecule has 2 aromatic heterocycles. The van der Waals surface area contributed by atoms with Crippen molar-refractivity contribution < 1.29 is 9.53 Å². The summed E-state index contributed by atoms with van der Waals surface area (Å²) in [7, 11) is 2.01. The van der Waals surface area contributed by atoms with E-state index < -0.39 is 0 Å². The minimum Gasteiger partial charge on any atom is -0.378 e. The number of nitrogens with zero attached hydrogens (tertiary/aromatic N) is 4. The molecule has 0 spiro atoms. The van der Waals surface area contributed by atoms with Gasteiger partial charge < -0.3 is 14.6 Å². The smallest absolute Gasteiger partial charge is 0.239 e. The molecule has 0 aliphatic carbocycles. The van der Waals surface area contributed by atoms with E-state index in [-0.39, 0.29) is 5.91 Å². The third-order valence-corrected chi connectivity index (χ3v) is 6.22. The summed E-state index contributed by atoms with van der Waals surface area (Å²) in [5.41, 5.74) is 2.16. The zero-order valence-corrected chi connectivity index (χ0v) is 16.8. The van der Waals surface area contributed by atoms with Crippen molar-refractivity contribution in [2.45, 2.75) is 31.8 Å². The van der Waals surface area contributed by atoms with Crippen molar-refractivity contribution in [1.82, 2.24) is 19.4 Å². The molecule has 4 heterocycles. The fourth-order valence-corrected chi connectivity index (χ4v) is 4.46. The number of aryl methyl sites for hydroxylation is 1. The second kappa shape index (κ2) is 7.24. The van der Waals surface area contributed by atoms with Crippen LogP contribution in [0.25, 0.3) is 22.0 Å². The first-order valence-corrected chi connectivity index (χ1v) is 10.1. The van der Waals surface area contributed by atoms with Crippen molar-refractivity contribution in [2.75, 3.05) is 25.1 Å². The van der Waals surface area contributed by atoms with Crippen LogP contribution in [0.3, 0.4) is 0 Å². The van der Waals surface area contributed by atoms with E-state index in [2.05, 4.69) is 43.0 Å². The van der Waals surface area contributed by atoms with Gasteiger partial charge >= 0.3 is 0 Å². The third-order valence-electron chi connectivity index (χ3n) is 6.22. The molecular formula is C22H25N5O2. The Labute approximate surface area is 169 Å². The van der Waals surface area contributed by atoms with Crippen LogP contribution >= 0.6 is 0 Å². The highest BCUT2D eigenvalue weighted by molar-refractivity contribution is 5.94. The Hall–Kier alpha value is -2.77. The molecule has 1 amide bonds. The monoisotopic (exact) mass is 391 g/mol. The van der Waals surface area contributed by atoms with E-state index >= 15 is 0 Å². The van der Waals surface area contributed by atoms with Crippen LogP contribution in [0, 0.1) is 6.92 Å². The van der Waals surface area contributed by atoms with E-state index in [1.165, 1.54) is 0 Å². The second-order valence-electron chi connectivity index (χ2n) is 8.02. The second-order valence-corrected chi connectivity index (χ2v) is 8.02. The van der Waals surface area contributed by atoms with E-state index in [0.29, 0.717) is 24.4 Å². The van der Waals surface area contributed by atoms with E-state index in [9.17, 15) is 4.79 Å². The van der Waals surface area contributed by atoms with Gasteiger partial charge in [0.15, 0.2) is 0 Å². The number of hydrogen-bond acceptors (Lipinski definition) is 5. The van der Waals surface area contributed by atoms with Crippen LogP contribution in [0.2, 0.25) is 0 Å². The molecule has 2 aliphatic rings. The van der Waals surface area contributed by atoms with Crippen molar-refractivity contribution in [3.8, 4) is 11.3 Å². The summed E-state index contributed by atoms with van der Waals surface area (Å²) in [5.74, 6) is 1.54. The van der Waals surface area contributed by atoms with Gasteiger partial charge in [-0.25, -0.2) is 9.97 Å². The van der Waals surface area contributed by atoms with Crippen LogP contribution in [0.1, 0.15) is 18.7 Å². The van der Waals surface area contributed by atoms with Crippen molar-refractivity contribution in [3.05, 3.63) is 42.5 Å². The van der Waals surface area contributed by atoms with Gasteiger partial charge in [-0.3, -0.25) is 9.69 Å². The number of anilines is 1. The standard InChI is InChI=1S/C22H25N5O2/c1-14-23-10-20(26(14)2)15-3-4-16-9-24-21(8-17(16)7-15)25-22(28)11-27-18-5-6-19(27)13-29-12-18/h3-4,7-10,18-19H,5-6,11-13H2,1-2H3,(H,24,25,28). The highest BCUT2D eigenvalue weighted by Gasteiger charge is 2.38. The number of benzene rings is 1. The van der Waals surface area contributed by atoms with Gasteiger partial charge in [-0.15, -0.1) is 0 Å². The van der Waals surface area contributed by atoms with Gasteiger partial charge in [0.25, 0.3) is 0 Å². The number of ether oxygens (including phenoxy) is 1. The van der Waals surface area contributed by atoms with Gasteiger partial charge in [-0.1, -0.05) is 12.1 Å². The maximum absolute atomic E-state index is 12.6. The molecule has 1 aromatic carbocycles. The molecular weight excluding hydrogens is 366 g/mol. The molecule has 150 valence electrons. The predicted molar refractivity (Wildman–Crippen MR) is 112 cm³/mol. The van der Waals surface area contributed by atoms with E-state index in [4.69, 9.17) is 4.74 Å². The van der Waals surface area contributed by atoms with Gasteiger partial charge in [0.1, 0.15) is 11.6 Å². The highest BCUT2D eigenvalue weighted by atomic mass is 16.5. The molecule has 29 heavy (non-hydrogen) atoms. The summed E-state index contributed by atoms with van der Waals surface area (Å²) in [4.78, 5) is 23.7. The Kier molecular flexibility index (Phi) is 4.56. The number of fused-ring (bicyclic) bond motifs is 3. The van der Waals surface area contributed by atoms with Crippen LogP contribution < -0.4 is 5.32 Å². The summed E-state index contributed by atoms with van der Waals surface area (Å²) in [5, 5.41) is 5.05. The Morgan fingerprint density at radius 1 is 1.14 bits per heavy atom. The molecule has 2 unspecified atom stereocenters. The normalized spacial score (nSPS) is 21.6. The summed E-state index contributed by atoms with van der Waals surface area (Å²) in [6.45, 7) is 3.85. The Bertz CT molecular complexity index is 1060. The number of carbonyl (C=O) groups excluding carboxylic acids is 1. The Morgan fingerprint density at radius 3 is 2.66 bits per heavy atom. The van der Waals surface area contributed by atoms with Crippen LogP contribution in [0.15, 0.2) is 36.7 Å². The first-order valence-electron chi connectivity index (χ1n) is 10.1. The van der Waals surface area contributed by atoms with Gasteiger partial charge in [0.2, 0.25) is 5.91 Å². The summed E-state index contributed by atoms with van der Waals surface area (Å²) in [6, 6.07) is 8.92. The predicted octanol–water partition coefficient (Wildman–Crippen LogP) is 2.75. The van der Waals surface area contributed by atoms with Crippen molar-refractivity contribution in [2.24, 2.45) is 7.05 Å². The number of morpholine rings is 1. The molecule has 7 heteroatoms. The summed E-state index contributed by atoms with van der Waals surface area (Å²) < 4.78 is 7.67. The molecule has 5 rings (SSSR count). The fourth-order valence-electron chi connectivity index (χ4n) is 4.46. The van der Waals surface area contributed by atoms with Crippen molar-refractivity contribution in [1.29, 1.82) is 0 Å². The largest absolute Gasteiger partial charge is 0.378 e. The molecule has 1 N–H and O–H groups in total. The van der Waals surface area contributed by atoms with Crippen LogP contribution in [0.4, 0.5) is 5.82 Å². The van der Waals surface area contributed by atoms with Gasteiger partial charge in [-0.05, 0) is 37.3 Å². The number of carbonyl (C=O) groups is 1. The molecule has 2 atom stereocenters. The van der Waals surface area contributed by atoms with Gasteiger partial charge in [0.05, 0.1) is 31.6 Å². The number of hydrogen-bond donors (Lipinski definition) is 1. The van der Waals surface area contributed by atoms with E-state index in [1.54, 1.807) is 0 Å². The first kappa shape index (κ1) is 18.3. The Morgan fingerprint density at radius 2 is 1.93 bits per heavy atom. The summed E-state index contributed by atoms with van der Waals surface area (Å²) in [6.07, 6.45) is 5.92. The lowest BCUT2D eigenvalue weighted by Crippen LogP contribution is -2.48. The quantitative estimate of drug-likeness (QED) is 0.740. The summed E-state index contributed by atoms with van der Waals surface area (Å²) >= 11 is 0. The lowest BCUT2D eigenvalue weighted by Gasteiger charge is -2.33. The lowest BCUT2D eigenvalue weighted by atomic mass is 10.1. The molecule has 2 bridgehead atoms. The van der Waals surface area contributed by atoms with Gasteiger partial charge in [0, 0.05) is 36.3 Å². The minimum absolute atomic E-state index is 0.0194. The minimum atomic E-state index is -0.0194. The van der Waals surface area contributed by atoms with Gasteiger partial charge in [-0.2, -0.15) is 0 Å². The number of amides is 1. The third kappa shape index (κ3) is 3.41. The highest BCUT2D eigenvalue weighted by Crippen LogP contribution is 2.29. The Balaban J connectivity index is 1.35. The average Bonchev–Trinajstić information content (AvgIpc) is 3.14. The number of rotatable bonds is 4. The molecule has 2 aliphatic heterocycles. The maximum Gasteiger partial charge on any atom is 0.239 e. The van der Waals surface area contributed by atoms with Crippen LogP contribution in [-0.4, -0.2) is 57.2 Å². The zero-order chi connectivity index (χ0) is 20.0. The fraction of sp³-hybridized carbons (Fsp3) is 0.409. The first-order chi connectivity index (χ1) is 14.1. The molecule has 7 nitrogen and oxygen atoms in total. The van der Waals surface area contributed by atoms with Crippen molar-refractivity contribution >= 4 is 22.5 Å². The van der Waals surface area contributed by atoms with Crippen LogP contribution in [0.5, 0.6) is 0 Å². The number of aromatic nitrogens is 3. The number of imidazole rings is 1. The SMILES string of the molecule is Cc1ncc(-c2ccc3cnc(NC(=O)CN4C5CCC4COC5)cc3c2)n1C. The maximum atomic E-state index is 12.6. The number of nitrogens with one attached hydrogen (secondary N) is 1. The molecule has 0 radical (unpaired) electrons. The van der Waals surface area contributed by atoms with E-state index in [1.807, 2.05) is 32.4 Å². The van der Waals surface area contributed by atoms with E-state index in [0.717, 1.165) is 53.9 Å². The number of pyridine rings is 1. The molecule has 3 aromatic rings. The van der Waals surface area contributed by atoms with Crippen molar-refractivity contribution in [3.63, 3.8) is 0 Å². The van der Waals surface area contributed by atoms with Crippen LogP contribution in [-0.2, 0) is 16.6 Å². The zero-order valence-electron chi connectivity index (χ0n) is 16.8. The molecule has 0 saturated carbocycles. The molecule has 2 saturated heterocycles. The lowest BCUT2D eigenvalue weighted by molar-refractivity contribution is -0.120. The topological polar surface area (TPSA) is 72.3 Å². The average molecular weight is 391 g/mol.